The summed E-state index contributed by atoms with van der Waals surface area (Å²) in [5, 5.41) is 0. The topological polar surface area (TPSA) is 94.5 Å². The molecule has 0 fully saturated rings. The Morgan fingerprint density at radius 3 is 2.29 bits per heavy atom. The molecule has 1 heterocycles. The molecule has 132 valence electrons. The molecule has 1 aromatic heterocycles. The third kappa shape index (κ3) is 3.54. The molecule has 0 spiro atoms. The number of benzene rings is 1. The van der Waals surface area contributed by atoms with Gasteiger partial charge in [-0.3, -0.25) is 0 Å². The highest BCUT2D eigenvalue weighted by Gasteiger charge is 2.27. The van der Waals surface area contributed by atoms with Crippen LogP contribution in [0.3, 0.4) is 0 Å². The molecule has 2 aromatic rings. The van der Waals surface area contributed by atoms with Crippen LogP contribution in [0, 0.1) is 13.8 Å². The van der Waals surface area contributed by atoms with Crippen molar-refractivity contribution < 1.29 is 21.6 Å². The van der Waals surface area contributed by atoms with Crippen molar-refractivity contribution in [2.45, 2.75) is 23.6 Å². The molecule has 9 heteroatoms. The van der Waals surface area contributed by atoms with Gasteiger partial charge in [-0.05, 0) is 32.0 Å². The molecule has 0 unspecified atom stereocenters. The van der Waals surface area contributed by atoms with Crippen LogP contribution in [-0.4, -0.2) is 41.1 Å². The Balaban J connectivity index is 2.51. The van der Waals surface area contributed by atoms with Gasteiger partial charge in [-0.25, -0.2) is 25.5 Å². The highest BCUT2D eigenvalue weighted by Crippen LogP contribution is 2.25. The van der Waals surface area contributed by atoms with E-state index in [0.29, 0.717) is 5.69 Å². The number of aryl methyl sites for hydroxylation is 1. The average molecular weight is 372 g/mol. The van der Waals surface area contributed by atoms with Crippen LogP contribution >= 0.6 is 0 Å². The minimum absolute atomic E-state index is 0.0596. The highest BCUT2D eigenvalue weighted by atomic mass is 32.2. The summed E-state index contributed by atoms with van der Waals surface area (Å²) in [6, 6.07) is 9.24. The summed E-state index contributed by atoms with van der Waals surface area (Å²) in [6.07, 6.45) is 0. The Hall–Kier alpha value is -1.68. The Morgan fingerprint density at radius 2 is 1.71 bits per heavy atom. The maximum Gasteiger partial charge on any atom is 0.268 e. The van der Waals surface area contributed by atoms with E-state index in [1.54, 1.807) is 25.1 Å². The first-order valence-corrected chi connectivity index (χ1v) is 10.1. The van der Waals surface area contributed by atoms with Crippen molar-refractivity contribution in [3.8, 4) is 0 Å². The third-order valence-electron chi connectivity index (χ3n) is 3.49. The van der Waals surface area contributed by atoms with Gasteiger partial charge in [0.1, 0.15) is 4.90 Å². The van der Waals surface area contributed by atoms with E-state index < -0.39 is 20.0 Å². The monoisotopic (exact) mass is 372 g/mol. The highest BCUT2D eigenvalue weighted by molar-refractivity contribution is 7.90. The van der Waals surface area contributed by atoms with Crippen LogP contribution in [0.15, 0.2) is 46.2 Å². The van der Waals surface area contributed by atoms with Crippen LogP contribution in [0.2, 0.25) is 0 Å². The first kappa shape index (κ1) is 18.7. The van der Waals surface area contributed by atoms with Crippen molar-refractivity contribution in [2.24, 2.45) is 0 Å². The van der Waals surface area contributed by atoms with E-state index in [1.165, 1.54) is 32.2 Å². The second-order valence-electron chi connectivity index (χ2n) is 5.21. The zero-order valence-corrected chi connectivity index (χ0v) is 15.3. The van der Waals surface area contributed by atoms with E-state index >= 15 is 0 Å². The van der Waals surface area contributed by atoms with E-state index in [1.807, 2.05) is 0 Å². The van der Waals surface area contributed by atoms with Crippen molar-refractivity contribution >= 4 is 20.0 Å². The first-order chi connectivity index (χ1) is 11.2. The summed E-state index contributed by atoms with van der Waals surface area (Å²) in [7, 11) is -6.22. The fourth-order valence-corrected chi connectivity index (χ4v) is 5.39. The van der Waals surface area contributed by atoms with Gasteiger partial charge in [0.25, 0.3) is 10.0 Å². The van der Waals surface area contributed by atoms with E-state index in [0.717, 1.165) is 3.97 Å². The molecule has 0 radical (unpaired) electrons. The number of rotatable bonds is 7. The average Bonchev–Trinajstić information content (AvgIpc) is 2.84. The van der Waals surface area contributed by atoms with Crippen molar-refractivity contribution in [1.29, 1.82) is 0 Å². The quantitative estimate of drug-likeness (QED) is 0.739. The lowest BCUT2D eigenvalue weighted by Crippen LogP contribution is -2.27. The molecule has 0 aliphatic carbocycles. The summed E-state index contributed by atoms with van der Waals surface area (Å²) < 4.78 is 58.6. The molecule has 0 aliphatic heterocycles. The molecule has 0 saturated carbocycles. The number of hydrogen-bond acceptors (Lipinski definition) is 5. The van der Waals surface area contributed by atoms with Gasteiger partial charge in [0.2, 0.25) is 10.0 Å². The molecule has 0 atom stereocenters. The maximum absolute atomic E-state index is 12.8. The minimum atomic E-state index is -3.87. The molecule has 1 aromatic carbocycles. The van der Waals surface area contributed by atoms with Gasteiger partial charge in [-0.15, -0.1) is 0 Å². The van der Waals surface area contributed by atoms with Crippen LogP contribution in [0.4, 0.5) is 0 Å². The van der Waals surface area contributed by atoms with Crippen LogP contribution in [0.1, 0.15) is 11.4 Å². The van der Waals surface area contributed by atoms with Crippen LogP contribution in [0.25, 0.3) is 0 Å². The van der Waals surface area contributed by atoms with Crippen LogP contribution in [0.5, 0.6) is 0 Å². The second-order valence-corrected chi connectivity index (χ2v) is 8.73. The lowest BCUT2D eigenvalue weighted by molar-refractivity contribution is 0.204. The molecule has 0 saturated heterocycles. The van der Waals surface area contributed by atoms with Gasteiger partial charge in [-0.1, -0.05) is 18.2 Å². The lowest BCUT2D eigenvalue weighted by Gasteiger charge is -2.11. The fourth-order valence-electron chi connectivity index (χ4n) is 2.41. The first-order valence-electron chi connectivity index (χ1n) is 7.20. The van der Waals surface area contributed by atoms with Gasteiger partial charge in [0, 0.05) is 19.3 Å². The summed E-state index contributed by atoms with van der Waals surface area (Å²) in [5.41, 5.74) is 0.463. The van der Waals surface area contributed by atoms with Gasteiger partial charge >= 0.3 is 0 Å². The normalized spacial score (nSPS) is 12.5. The number of sulfonamides is 1. The number of ether oxygens (including phenoxy) is 1. The standard InChI is InChI=1S/C15H20N2O5S2/c1-12-11-15(23(18,19)16-9-10-22-3)13(2)17(12)24(20,21)14-7-5-4-6-8-14/h4-8,11,16H,9-10H2,1-3H3. The lowest BCUT2D eigenvalue weighted by atomic mass is 10.4. The molecule has 7 nitrogen and oxygen atoms in total. The maximum atomic E-state index is 12.8. The predicted molar refractivity (Wildman–Crippen MR) is 90.0 cm³/mol. The number of hydrogen-bond donors (Lipinski definition) is 1. The van der Waals surface area contributed by atoms with Crippen LogP contribution in [-0.2, 0) is 24.8 Å². The van der Waals surface area contributed by atoms with E-state index in [9.17, 15) is 16.8 Å². The van der Waals surface area contributed by atoms with Crippen molar-refractivity contribution in [2.75, 3.05) is 20.3 Å². The van der Waals surface area contributed by atoms with E-state index in [2.05, 4.69) is 4.72 Å². The molecule has 0 aliphatic rings. The Labute approximate surface area is 142 Å². The largest absolute Gasteiger partial charge is 0.383 e. The van der Waals surface area contributed by atoms with Crippen LogP contribution < -0.4 is 4.72 Å². The Bertz CT molecular complexity index is 916. The fraction of sp³-hybridized carbons (Fsp3) is 0.333. The van der Waals surface area contributed by atoms with Crippen molar-refractivity contribution in [3.63, 3.8) is 0 Å². The number of nitrogens with zero attached hydrogens (tertiary/aromatic N) is 1. The molecule has 24 heavy (non-hydrogen) atoms. The number of methoxy groups -OCH3 is 1. The van der Waals surface area contributed by atoms with Gasteiger partial charge in [-0.2, -0.15) is 0 Å². The Kier molecular flexibility index (Phi) is 5.49. The van der Waals surface area contributed by atoms with Gasteiger partial charge < -0.3 is 4.74 Å². The molecule has 1 N–H and O–H groups in total. The summed E-state index contributed by atoms with van der Waals surface area (Å²) in [5.74, 6) is 0. The smallest absolute Gasteiger partial charge is 0.268 e. The van der Waals surface area contributed by atoms with Gasteiger partial charge in [0.15, 0.2) is 0 Å². The summed E-state index contributed by atoms with van der Waals surface area (Å²) in [4.78, 5) is 0.0405. The molecule has 2 rings (SSSR count). The molecule has 0 bridgehead atoms. The second kappa shape index (κ2) is 7.06. The van der Waals surface area contributed by atoms with E-state index in [4.69, 9.17) is 4.74 Å². The third-order valence-corrected chi connectivity index (χ3v) is 6.98. The molecular formula is C15H20N2O5S2. The van der Waals surface area contributed by atoms with Crippen molar-refractivity contribution in [3.05, 3.63) is 47.8 Å². The Morgan fingerprint density at radius 1 is 1.08 bits per heavy atom. The number of nitrogens with one attached hydrogen (secondary N) is 1. The summed E-state index contributed by atoms with van der Waals surface area (Å²) >= 11 is 0. The minimum Gasteiger partial charge on any atom is -0.383 e. The van der Waals surface area contributed by atoms with E-state index in [-0.39, 0.29) is 28.6 Å². The summed E-state index contributed by atoms with van der Waals surface area (Å²) in [6.45, 7) is 3.36. The SMILES string of the molecule is COCCNS(=O)(=O)c1cc(C)n(S(=O)(=O)c2ccccc2)c1C. The predicted octanol–water partition coefficient (Wildman–Crippen LogP) is 1.27. The molecular weight excluding hydrogens is 352 g/mol. The number of aromatic nitrogens is 1. The van der Waals surface area contributed by atoms with Crippen molar-refractivity contribution in [1.82, 2.24) is 8.69 Å². The van der Waals surface area contributed by atoms with Gasteiger partial charge in [0.05, 0.1) is 17.2 Å². The zero-order valence-electron chi connectivity index (χ0n) is 13.7. The molecule has 0 amide bonds. The zero-order chi connectivity index (χ0) is 18.0.